The maximum Gasteiger partial charge on any atom is 0.222 e. The van der Waals surface area contributed by atoms with Crippen LogP contribution in [0.25, 0.3) is 0 Å². The zero-order chi connectivity index (χ0) is 14.1. The van der Waals surface area contributed by atoms with E-state index in [4.69, 9.17) is 0 Å². The lowest BCUT2D eigenvalue weighted by Crippen LogP contribution is -2.20. The van der Waals surface area contributed by atoms with Crippen LogP contribution in [0.1, 0.15) is 79.6 Å². The molecule has 0 aliphatic rings. The molecule has 0 aromatic heterocycles. The summed E-state index contributed by atoms with van der Waals surface area (Å²) in [6.07, 6.45) is 8.22. The first kappa shape index (κ1) is 21.7. The summed E-state index contributed by atoms with van der Waals surface area (Å²) in [7, 11) is 3.64. The number of amides is 1. The molecule has 0 atom stereocenters. The Morgan fingerprint density at radius 1 is 0.824 bits per heavy atom. The Kier molecular flexibility index (Phi) is 26.6. The average molecular weight is 245 g/mol. The predicted molar refractivity (Wildman–Crippen MR) is 79.4 cm³/mol. The first-order valence-electron chi connectivity index (χ1n) is 7.38. The SMILES string of the molecule is CC.CC.CCCCCCCCC(=O)N(C)C. The summed E-state index contributed by atoms with van der Waals surface area (Å²) in [6.45, 7) is 10.2. The lowest BCUT2D eigenvalue weighted by atomic mass is 10.1. The van der Waals surface area contributed by atoms with Crippen LogP contribution in [0.3, 0.4) is 0 Å². The van der Waals surface area contributed by atoms with Crippen LogP contribution in [0.15, 0.2) is 0 Å². The lowest BCUT2D eigenvalue weighted by Gasteiger charge is -2.09. The van der Waals surface area contributed by atoms with Gasteiger partial charge in [0.05, 0.1) is 0 Å². The molecule has 0 spiro atoms. The molecule has 0 aromatic rings. The van der Waals surface area contributed by atoms with E-state index in [2.05, 4.69) is 6.92 Å². The standard InChI is InChI=1S/C11H23NO.2C2H6/c1-4-5-6-7-8-9-10-11(13)12(2)3;2*1-2/h4-10H2,1-3H3;2*1-2H3. The van der Waals surface area contributed by atoms with Crippen LogP contribution in [-0.4, -0.2) is 24.9 Å². The fourth-order valence-electron chi connectivity index (χ4n) is 1.28. The summed E-state index contributed by atoms with van der Waals surface area (Å²) in [5.41, 5.74) is 0. The minimum Gasteiger partial charge on any atom is -0.349 e. The van der Waals surface area contributed by atoms with E-state index in [1.807, 2.05) is 41.8 Å². The van der Waals surface area contributed by atoms with Crippen molar-refractivity contribution in [1.82, 2.24) is 4.90 Å². The minimum absolute atomic E-state index is 0.260. The van der Waals surface area contributed by atoms with E-state index in [-0.39, 0.29) is 5.91 Å². The molecule has 2 nitrogen and oxygen atoms in total. The second-order valence-electron chi connectivity index (χ2n) is 3.81. The Balaban J connectivity index is -0.000000439. The number of hydrogen-bond acceptors (Lipinski definition) is 1. The van der Waals surface area contributed by atoms with Crippen molar-refractivity contribution in [3.63, 3.8) is 0 Å². The van der Waals surface area contributed by atoms with Gasteiger partial charge in [0.25, 0.3) is 0 Å². The highest BCUT2D eigenvalue weighted by Gasteiger charge is 2.01. The summed E-state index contributed by atoms with van der Waals surface area (Å²) >= 11 is 0. The Bertz CT molecular complexity index is 133. The third-order valence-electron chi connectivity index (χ3n) is 2.24. The highest BCUT2D eigenvalue weighted by Crippen LogP contribution is 2.07. The molecule has 0 unspecified atom stereocenters. The first-order valence-corrected chi connectivity index (χ1v) is 7.38. The Labute approximate surface area is 110 Å². The first-order chi connectivity index (χ1) is 8.18. The van der Waals surface area contributed by atoms with Gasteiger partial charge in [0.2, 0.25) is 5.91 Å². The summed E-state index contributed by atoms with van der Waals surface area (Å²) in [4.78, 5) is 12.8. The van der Waals surface area contributed by atoms with Crippen LogP contribution in [-0.2, 0) is 4.79 Å². The number of rotatable bonds is 7. The third-order valence-corrected chi connectivity index (χ3v) is 2.24. The van der Waals surface area contributed by atoms with E-state index in [1.54, 1.807) is 4.90 Å². The molecule has 0 saturated carbocycles. The highest BCUT2D eigenvalue weighted by molar-refractivity contribution is 5.75. The van der Waals surface area contributed by atoms with E-state index in [0.29, 0.717) is 0 Å². The van der Waals surface area contributed by atoms with Gasteiger partial charge in [-0.3, -0.25) is 4.79 Å². The molecular formula is C15H35NO. The van der Waals surface area contributed by atoms with Crippen LogP contribution < -0.4 is 0 Å². The molecule has 0 N–H and O–H groups in total. The van der Waals surface area contributed by atoms with Gasteiger partial charge in [-0.05, 0) is 6.42 Å². The van der Waals surface area contributed by atoms with Crippen LogP contribution in [0.4, 0.5) is 0 Å². The molecule has 17 heavy (non-hydrogen) atoms. The highest BCUT2D eigenvalue weighted by atomic mass is 16.2. The lowest BCUT2D eigenvalue weighted by molar-refractivity contribution is -0.128. The van der Waals surface area contributed by atoms with E-state index in [0.717, 1.165) is 12.8 Å². The fourth-order valence-corrected chi connectivity index (χ4v) is 1.28. The molecule has 0 fully saturated rings. The van der Waals surface area contributed by atoms with Crippen molar-refractivity contribution in [1.29, 1.82) is 0 Å². The van der Waals surface area contributed by atoms with Crippen molar-refractivity contribution >= 4 is 5.91 Å². The maximum atomic E-state index is 11.2. The zero-order valence-electron chi connectivity index (χ0n) is 13.3. The van der Waals surface area contributed by atoms with Gasteiger partial charge in [0, 0.05) is 20.5 Å². The van der Waals surface area contributed by atoms with Gasteiger partial charge in [-0.15, -0.1) is 0 Å². The number of unbranched alkanes of at least 4 members (excludes halogenated alkanes) is 5. The van der Waals surface area contributed by atoms with Crippen molar-refractivity contribution < 1.29 is 4.79 Å². The Morgan fingerprint density at radius 2 is 1.24 bits per heavy atom. The second kappa shape index (κ2) is 20.8. The normalized spacial score (nSPS) is 8.41. The van der Waals surface area contributed by atoms with Crippen LogP contribution >= 0.6 is 0 Å². The van der Waals surface area contributed by atoms with E-state index >= 15 is 0 Å². The summed E-state index contributed by atoms with van der Waals surface area (Å²) < 4.78 is 0. The minimum atomic E-state index is 0.260. The van der Waals surface area contributed by atoms with Crippen LogP contribution in [0, 0.1) is 0 Å². The molecule has 1 amide bonds. The number of hydrogen-bond donors (Lipinski definition) is 0. The van der Waals surface area contributed by atoms with Crippen molar-refractivity contribution in [2.24, 2.45) is 0 Å². The molecular weight excluding hydrogens is 210 g/mol. The Hall–Kier alpha value is -0.530. The van der Waals surface area contributed by atoms with E-state index in [1.165, 1.54) is 32.1 Å². The largest absolute Gasteiger partial charge is 0.349 e. The summed E-state index contributed by atoms with van der Waals surface area (Å²) in [6, 6.07) is 0. The number of carbonyl (C=O) groups excluding carboxylic acids is 1. The molecule has 106 valence electrons. The maximum absolute atomic E-state index is 11.2. The zero-order valence-corrected chi connectivity index (χ0v) is 13.3. The summed E-state index contributed by atoms with van der Waals surface area (Å²) in [5, 5.41) is 0. The number of nitrogens with zero attached hydrogens (tertiary/aromatic N) is 1. The smallest absolute Gasteiger partial charge is 0.222 e. The van der Waals surface area contributed by atoms with E-state index in [9.17, 15) is 4.79 Å². The topological polar surface area (TPSA) is 20.3 Å². The monoisotopic (exact) mass is 245 g/mol. The van der Waals surface area contributed by atoms with Gasteiger partial charge >= 0.3 is 0 Å². The van der Waals surface area contributed by atoms with Gasteiger partial charge in [0.1, 0.15) is 0 Å². The second-order valence-corrected chi connectivity index (χ2v) is 3.81. The van der Waals surface area contributed by atoms with Gasteiger partial charge in [-0.1, -0.05) is 66.7 Å². The molecule has 0 aliphatic heterocycles. The molecule has 0 rings (SSSR count). The van der Waals surface area contributed by atoms with Crippen molar-refractivity contribution in [3.05, 3.63) is 0 Å². The Morgan fingerprint density at radius 3 is 1.65 bits per heavy atom. The quantitative estimate of drug-likeness (QED) is 0.585. The molecule has 2 heteroatoms. The third kappa shape index (κ3) is 21.3. The van der Waals surface area contributed by atoms with Gasteiger partial charge in [-0.2, -0.15) is 0 Å². The van der Waals surface area contributed by atoms with Gasteiger partial charge in [0.15, 0.2) is 0 Å². The average Bonchev–Trinajstić information content (AvgIpc) is 2.38. The fraction of sp³-hybridized carbons (Fsp3) is 0.933. The van der Waals surface area contributed by atoms with Gasteiger partial charge < -0.3 is 4.90 Å². The molecule has 0 saturated heterocycles. The van der Waals surface area contributed by atoms with Crippen LogP contribution in [0.5, 0.6) is 0 Å². The number of carbonyl (C=O) groups is 1. The predicted octanol–water partition coefficient (Wildman–Crippen LogP) is 4.88. The van der Waals surface area contributed by atoms with Crippen molar-refractivity contribution in [3.8, 4) is 0 Å². The van der Waals surface area contributed by atoms with Crippen molar-refractivity contribution in [2.45, 2.75) is 79.6 Å². The van der Waals surface area contributed by atoms with Crippen molar-refractivity contribution in [2.75, 3.05) is 14.1 Å². The van der Waals surface area contributed by atoms with Gasteiger partial charge in [-0.25, -0.2) is 0 Å². The van der Waals surface area contributed by atoms with E-state index < -0.39 is 0 Å². The molecule has 0 bridgehead atoms. The molecule has 0 aromatic carbocycles. The summed E-state index contributed by atoms with van der Waals surface area (Å²) in [5.74, 6) is 0.260. The van der Waals surface area contributed by atoms with Crippen LogP contribution in [0.2, 0.25) is 0 Å². The molecule has 0 aliphatic carbocycles. The molecule has 0 heterocycles. The molecule has 0 radical (unpaired) electrons.